The van der Waals surface area contributed by atoms with Crippen molar-refractivity contribution in [3.63, 3.8) is 0 Å². The number of halogens is 1. The first-order valence-corrected chi connectivity index (χ1v) is 7.38. The summed E-state index contributed by atoms with van der Waals surface area (Å²) in [7, 11) is 1.54. The summed E-state index contributed by atoms with van der Waals surface area (Å²) in [6.07, 6.45) is 1.58. The molecule has 1 N–H and O–H groups in total. The Morgan fingerprint density at radius 2 is 2.14 bits per heavy atom. The third-order valence-electron chi connectivity index (χ3n) is 3.13. The van der Waals surface area contributed by atoms with E-state index in [-0.39, 0.29) is 5.91 Å². The van der Waals surface area contributed by atoms with Crippen LogP contribution in [0, 0.1) is 0 Å². The van der Waals surface area contributed by atoms with E-state index in [0.717, 1.165) is 10.0 Å². The number of nitrogens with one attached hydrogen (secondary N) is 1. The summed E-state index contributed by atoms with van der Waals surface area (Å²) >= 11 is 3.45. The molecular formula is C15H13BrN4O2. The number of hydrogen-bond acceptors (Lipinski definition) is 4. The fourth-order valence-electron chi connectivity index (χ4n) is 1.99. The molecule has 0 radical (unpaired) electrons. The van der Waals surface area contributed by atoms with Crippen LogP contribution in [-0.2, 0) is 6.54 Å². The Balaban J connectivity index is 1.76. The van der Waals surface area contributed by atoms with Crippen LogP contribution in [0.2, 0.25) is 0 Å². The van der Waals surface area contributed by atoms with Gasteiger partial charge in [-0.05, 0) is 17.7 Å². The number of amides is 1. The number of carbonyl (C=O) groups is 1. The molecule has 3 aromatic rings. The normalized spacial score (nSPS) is 10.6. The number of hydrogen-bond donors (Lipinski definition) is 1. The Kier molecular flexibility index (Phi) is 4.06. The molecule has 0 aliphatic carbocycles. The Hall–Kier alpha value is -2.41. The van der Waals surface area contributed by atoms with E-state index in [9.17, 15) is 4.79 Å². The van der Waals surface area contributed by atoms with Gasteiger partial charge in [-0.2, -0.15) is 0 Å². The fraction of sp³-hybridized carbons (Fsp3) is 0.133. The number of nitrogens with zero attached hydrogens (tertiary/aromatic N) is 3. The van der Waals surface area contributed by atoms with Gasteiger partial charge in [-0.15, -0.1) is 5.10 Å². The molecule has 0 saturated heterocycles. The van der Waals surface area contributed by atoms with Gasteiger partial charge in [0.2, 0.25) is 5.88 Å². The third-order valence-corrected chi connectivity index (χ3v) is 3.91. The molecule has 2 heterocycles. The van der Waals surface area contributed by atoms with Crippen molar-refractivity contribution in [2.24, 2.45) is 0 Å². The predicted octanol–water partition coefficient (Wildman–Crippen LogP) is 2.43. The quantitative estimate of drug-likeness (QED) is 0.775. The number of fused-ring (bicyclic) bond motifs is 1. The van der Waals surface area contributed by atoms with Gasteiger partial charge in [0.05, 0.1) is 13.3 Å². The van der Waals surface area contributed by atoms with Crippen LogP contribution < -0.4 is 10.1 Å². The first-order chi connectivity index (χ1) is 10.7. The Labute approximate surface area is 135 Å². The van der Waals surface area contributed by atoms with E-state index < -0.39 is 0 Å². The zero-order valence-electron chi connectivity index (χ0n) is 11.8. The molecular weight excluding hydrogens is 348 g/mol. The molecule has 0 fully saturated rings. The SMILES string of the molecule is COc1ccc2nc(C(=O)NCc3ccccc3Br)cn2n1. The molecule has 6 nitrogen and oxygen atoms in total. The van der Waals surface area contributed by atoms with E-state index in [4.69, 9.17) is 4.74 Å². The highest BCUT2D eigenvalue weighted by atomic mass is 79.9. The van der Waals surface area contributed by atoms with Gasteiger partial charge in [0, 0.05) is 17.1 Å². The lowest BCUT2D eigenvalue weighted by Gasteiger charge is -2.05. The van der Waals surface area contributed by atoms with E-state index in [1.807, 2.05) is 24.3 Å². The minimum Gasteiger partial charge on any atom is -0.480 e. The average Bonchev–Trinajstić information content (AvgIpc) is 2.96. The number of imidazole rings is 1. The van der Waals surface area contributed by atoms with E-state index in [1.54, 1.807) is 18.3 Å². The van der Waals surface area contributed by atoms with Crippen molar-refractivity contribution in [2.45, 2.75) is 6.54 Å². The number of aromatic nitrogens is 3. The van der Waals surface area contributed by atoms with Gasteiger partial charge >= 0.3 is 0 Å². The molecule has 0 saturated carbocycles. The van der Waals surface area contributed by atoms with Crippen LogP contribution >= 0.6 is 15.9 Å². The van der Waals surface area contributed by atoms with Crippen molar-refractivity contribution in [1.82, 2.24) is 19.9 Å². The van der Waals surface area contributed by atoms with E-state index in [0.29, 0.717) is 23.8 Å². The first kappa shape index (κ1) is 14.5. The monoisotopic (exact) mass is 360 g/mol. The van der Waals surface area contributed by atoms with Crippen LogP contribution in [0.3, 0.4) is 0 Å². The molecule has 22 heavy (non-hydrogen) atoms. The maximum absolute atomic E-state index is 12.2. The summed E-state index contributed by atoms with van der Waals surface area (Å²) < 4.78 is 7.52. The molecule has 2 aromatic heterocycles. The fourth-order valence-corrected chi connectivity index (χ4v) is 2.42. The summed E-state index contributed by atoms with van der Waals surface area (Å²) in [6, 6.07) is 11.2. The van der Waals surface area contributed by atoms with Gasteiger partial charge < -0.3 is 10.1 Å². The Morgan fingerprint density at radius 1 is 1.32 bits per heavy atom. The predicted molar refractivity (Wildman–Crippen MR) is 84.9 cm³/mol. The van der Waals surface area contributed by atoms with E-state index in [1.165, 1.54) is 11.6 Å². The number of ether oxygens (including phenoxy) is 1. The lowest BCUT2D eigenvalue weighted by molar-refractivity contribution is 0.0946. The minimum atomic E-state index is -0.250. The topological polar surface area (TPSA) is 68.5 Å². The highest BCUT2D eigenvalue weighted by molar-refractivity contribution is 9.10. The van der Waals surface area contributed by atoms with Gasteiger partial charge in [0.15, 0.2) is 5.65 Å². The summed E-state index contributed by atoms with van der Waals surface area (Å²) in [5.74, 6) is 0.213. The molecule has 7 heteroatoms. The zero-order valence-corrected chi connectivity index (χ0v) is 13.4. The maximum atomic E-state index is 12.2. The smallest absolute Gasteiger partial charge is 0.271 e. The van der Waals surface area contributed by atoms with Crippen molar-refractivity contribution in [3.8, 4) is 5.88 Å². The number of methoxy groups -OCH3 is 1. The second kappa shape index (κ2) is 6.15. The highest BCUT2D eigenvalue weighted by Crippen LogP contribution is 2.15. The van der Waals surface area contributed by atoms with Crippen molar-refractivity contribution in [3.05, 3.63) is 58.3 Å². The lowest BCUT2D eigenvalue weighted by Crippen LogP contribution is -2.23. The molecule has 0 atom stereocenters. The average molecular weight is 361 g/mol. The van der Waals surface area contributed by atoms with Gasteiger partial charge in [0.1, 0.15) is 5.69 Å². The molecule has 0 aliphatic rings. The number of benzene rings is 1. The summed E-state index contributed by atoms with van der Waals surface area (Å²) in [5.41, 5.74) is 1.90. The van der Waals surface area contributed by atoms with Crippen LogP contribution in [0.15, 0.2) is 47.1 Å². The first-order valence-electron chi connectivity index (χ1n) is 6.59. The molecule has 0 aliphatic heterocycles. The lowest BCUT2D eigenvalue weighted by atomic mass is 10.2. The van der Waals surface area contributed by atoms with Crippen LogP contribution in [0.1, 0.15) is 16.1 Å². The van der Waals surface area contributed by atoms with E-state index >= 15 is 0 Å². The molecule has 0 spiro atoms. The van der Waals surface area contributed by atoms with Crippen LogP contribution in [0.5, 0.6) is 5.88 Å². The Bertz CT molecular complexity index is 831. The summed E-state index contributed by atoms with van der Waals surface area (Å²) in [5, 5.41) is 7.02. The second-order valence-electron chi connectivity index (χ2n) is 4.58. The summed E-state index contributed by atoms with van der Waals surface area (Å²) in [4.78, 5) is 16.4. The van der Waals surface area contributed by atoms with Crippen molar-refractivity contribution < 1.29 is 9.53 Å². The number of rotatable bonds is 4. The van der Waals surface area contributed by atoms with Crippen molar-refractivity contribution in [1.29, 1.82) is 0 Å². The van der Waals surface area contributed by atoms with Gasteiger partial charge in [-0.3, -0.25) is 4.79 Å². The highest BCUT2D eigenvalue weighted by Gasteiger charge is 2.12. The molecule has 112 valence electrons. The Morgan fingerprint density at radius 3 is 2.91 bits per heavy atom. The van der Waals surface area contributed by atoms with Crippen LogP contribution in [0.25, 0.3) is 5.65 Å². The van der Waals surface area contributed by atoms with Gasteiger partial charge in [-0.25, -0.2) is 9.50 Å². The van der Waals surface area contributed by atoms with Gasteiger partial charge in [-0.1, -0.05) is 34.1 Å². The molecule has 3 rings (SSSR count). The van der Waals surface area contributed by atoms with Crippen LogP contribution in [-0.4, -0.2) is 27.6 Å². The number of carbonyl (C=O) groups excluding carboxylic acids is 1. The minimum absolute atomic E-state index is 0.250. The second-order valence-corrected chi connectivity index (χ2v) is 5.43. The zero-order chi connectivity index (χ0) is 15.5. The van der Waals surface area contributed by atoms with Crippen molar-refractivity contribution in [2.75, 3.05) is 7.11 Å². The summed E-state index contributed by atoms with van der Waals surface area (Å²) in [6.45, 7) is 0.422. The largest absolute Gasteiger partial charge is 0.480 e. The molecule has 0 unspecified atom stereocenters. The van der Waals surface area contributed by atoms with Crippen molar-refractivity contribution >= 4 is 27.5 Å². The van der Waals surface area contributed by atoms with Crippen LogP contribution in [0.4, 0.5) is 0 Å². The van der Waals surface area contributed by atoms with E-state index in [2.05, 4.69) is 31.3 Å². The molecule has 1 amide bonds. The standard InChI is InChI=1S/C15H13BrN4O2/c1-22-14-7-6-13-18-12(9-20(13)19-14)15(21)17-8-10-4-2-3-5-11(10)16/h2-7,9H,8H2,1H3,(H,17,21). The molecule has 1 aromatic carbocycles. The van der Waals surface area contributed by atoms with Gasteiger partial charge in [0.25, 0.3) is 5.91 Å². The third kappa shape index (κ3) is 2.94. The maximum Gasteiger partial charge on any atom is 0.271 e. The molecule has 0 bridgehead atoms.